The molecule has 0 bridgehead atoms. The predicted molar refractivity (Wildman–Crippen MR) is 92.1 cm³/mol. The molecule has 0 heterocycles. The van der Waals surface area contributed by atoms with Crippen LogP contribution in [0.15, 0.2) is 48.5 Å². The summed E-state index contributed by atoms with van der Waals surface area (Å²) in [6, 6.07) is 16.0. The van der Waals surface area contributed by atoms with E-state index in [1.54, 1.807) is 13.8 Å². The van der Waals surface area contributed by atoms with Crippen molar-refractivity contribution in [3.8, 4) is 12.1 Å². The maximum absolute atomic E-state index is 12.1. The average molecular weight is 348 g/mol. The molecular weight excluding hydrogens is 332 g/mol. The second kappa shape index (κ2) is 8.46. The lowest BCUT2D eigenvalue weighted by Gasteiger charge is -2.21. The number of nitriles is 2. The molecule has 0 spiro atoms. The maximum atomic E-state index is 12.1. The molecule has 0 aliphatic rings. The van der Waals surface area contributed by atoms with Gasteiger partial charge in [0.2, 0.25) is 0 Å². The van der Waals surface area contributed by atoms with Crippen LogP contribution in [0.5, 0.6) is 0 Å². The third kappa shape index (κ3) is 4.68. The summed E-state index contributed by atoms with van der Waals surface area (Å²) in [5.41, 5.74) is 1.50. The number of hydrogen-bond acceptors (Lipinski definition) is 6. The molecule has 26 heavy (non-hydrogen) atoms. The van der Waals surface area contributed by atoms with Gasteiger partial charge in [-0.3, -0.25) is 0 Å². The van der Waals surface area contributed by atoms with Crippen LogP contribution in [0.3, 0.4) is 0 Å². The number of benzene rings is 2. The molecule has 0 fully saturated rings. The van der Waals surface area contributed by atoms with Crippen molar-refractivity contribution in [1.29, 1.82) is 10.5 Å². The number of esters is 2. The van der Waals surface area contributed by atoms with Crippen LogP contribution in [0, 0.1) is 22.7 Å². The van der Waals surface area contributed by atoms with Crippen LogP contribution in [0.25, 0.3) is 0 Å². The van der Waals surface area contributed by atoms with Crippen molar-refractivity contribution in [2.45, 2.75) is 26.1 Å². The number of ether oxygens (including phenoxy) is 2. The van der Waals surface area contributed by atoms with Crippen LogP contribution in [0.1, 0.15) is 45.7 Å². The largest absolute Gasteiger partial charge is 0.455 e. The van der Waals surface area contributed by atoms with Gasteiger partial charge >= 0.3 is 11.9 Å². The Morgan fingerprint density at radius 3 is 1.31 bits per heavy atom. The van der Waals surface area contributed by atoms with Crippen molar-refractivity contribution in [2.75, 3.05) is 0 Å². The first-order valence-corrected chi connectivity index (χ1v) is 7.87. The first-order valence-electron chi connectivity index (χ1n) is 7.87. The molecule has 0 aliphatic carbocycles. The Bertz CT molecular complexity index is 799. The summed E-state index contributed by atoms with van der Waals surface area (Å²) in [4.78, 5) is 24.2. The zero-order chi connectivity index (χ0) is 19.1. The zero-order valence-corrected chi connectivity index (χ0v) is 14.3. The summed E-state index contributed by atoms with van der Waals surface area (Å²) in [6.07, 6.45) is -1.33. The van der Waals surface area contributed by atoms with Gasteiger partial charge in [-0.2, -0.15) is 10.5 Å². The Morgan fingerprint density at radius 2 is 1.04 bits per heavy atom. The van der Waals surface area contributed by atoms with E-state index >= 15 is 0 Å². The Morgan fingerprint density at radius 1 is 0.731 bits per heavy atom. The highest BCUT2D eigenvalue weighted by Gasteiger charge is 2.22. The van der Waals surface area contributed by atoms with Crippen LogP contribution >= 0.6 is 0 Å². The minimum absolute atomic E-state index is 0.307. The fourth-order valence-electron chi connectivity index (χ4n) is 2.03. The molecule has 6 heteroatoms. The van der Waals surface area contributed by atoms with E-state index in [2.05, 4.69) is 0 Å². The van der Waals surface area contributed by atoms with Crippen LogP contribution in [0.4, 0.5) is 0 Å². The van der Waals surface area contributed by atoms with E-state index in [0.717, 1.165) is 0 Å². The molecule has 2 aromatic carbocycles. The first-order chi connectivity index (χ1) is 12.4. The maximum Gasteiger partial charge on any atom is 0.338 e. The zero-order valence-electron chi connectivity index (χ0n) is 14.3. The highest BCUT2D eigenvalue weighted by Crippen LogP contribution is 2.12. The summed E-state index contributed by atoms with van der Waals surface area (Å²) in [5, 5.41) is 17.5. The summed E-state index contributed by atoms with van der Waals surface area (Å²) >= 11 is 0. The minimum Gasteiger partial charge on any atom is -0.455 e. The number of nitrogens with zero attached hydrogens (tertiary/aromatic N) is 2. The van der Waals surface area contributed by atoms with Gasteiger partial charge in [0.25, 0.3) is 0 Å². The molecule has 130 valence electrons. The highest BCUT2D eigenvalue weighted by atomic mass is 16.6. The van der Waals surface area contributed by atoms with Crippen molar-refractivity contribution in [3.05, 3.63) is 70.8 Å². The summed E-state index contributed by atoms with van der Waals surface area (Å²) in [6.45, 7) is 3.25. The van der Waals surface area contributed by atoms with Crippen LogP contribution in [0.2, 0.25) is 0 Å². The summed E-state index contributed by atoms with van der Waals surface area (Å²) in [7, 11) is 0. The van der Waals surface area contributed by atoms with Crippen molar-refractivity contribution >= 4 is 11.9 Å². The Kier molecular flexibility index (Phi) is 6.08. The van der Waals surface area contributed by atoms with Gasteiger partial charge in [0, 0.05) is 0 Å². The van der Waals surface area contributed by atoms with Gasteiger partial charge in [-0.1, -0.05) is 0 Å². The monoisotopic (exact) mass is 348 g/mol. The molecule has 0 aliphatic heterocycles. The van der Waals surface area contributed by atoms with E-state index in [0.29, 0.717) is 22.3 Å². The van der Waals surface area contributed by atoms with Crippen molar-refractivity contribution in [3.63, 3.8) is 0 Å². The van der Waals surface area contributed by atoms with Crippen molar-refractivity contribution in [1.82, 2.24) is 0 Å². The number of hydrogen-bond donors (Lipinski definition) is 0. The molecule has 2 aromatic rings. The molecule has 0 N–H and O–H groups in total. The molecular formula is C20H16N2O4. The lowest BCUT2D eigenvalue weighted by molar-refractivity contribution is -0.0239. The third-order valence-corrected chi connectivity index (χ3v) is 3.75. The standard InChI is InChI=1S/C20H16N2O4/c1-13(25-19(23)17-7-3-15(11-21)4-8-17)14(2)26-20(24)18-9-5-16(12-22)6-10-18/h3-10,13-14H,1-2H3/t13-,14+. The van der Waals surface area contributed by atoms with E-state index in [4.69, 9.17) is 20.0 Å². The molecule has 2 rings (SSSR count). The van der Waals surface area contributed by atoms with Gasteiger partial charge in [-0.25, -0.2) is 9.59 Å². The molecule has 6 nitrogen and oxygen atoms in total. The molecule has 0 saturated heterocycles. The predicted octanol–water partition coefficient (Wildman–Crippen LogP) is 3.22. The SMILES string of the molecule is C[C@H](OC(=O)c1ccc(C#N)cc1)[C@@H](C)OC(=O)c1ccc(C#N)cc1. The lowest BCUT2D eigenvalue weighted by atomic mass is 10.1. The van der Waals surface area contributed by atoms with E-state index in [1.807, 2.05) is 12.1 Å². The van der Waals surface area contributed by atoms with E-state index in [9.17, 15) is 9.59 Å². The molecule has 0 radical (unpaired) electrons. The van der Waals surface area contributed by atoms with Gasteiger partial charge in [0.15, 0.2) is 0 Å². The smallest absolute Gasteiger partial charge is 0.338 e. The fourth-order valence-corrected chi connectivity index (χ4v) is 2.03. The van der Waals surface area contributed by atoms with E-state index in [-0.39, 0.29) is 0 Å². The first kappa shape index (κ1) is 18.7. The molecule has 0 unspecified atom stereocenters. The van der Waals surface area contributed by atoms with Crippen molar-refractivity contribution < 1.29 is 19.1 Å². The third-order valence-electron chi connectivity index (χ3n) is 3.75. The quantitative estimate of drug-likeness (QED) is 0.769. The van der Waals surface area contributed by atoms with Gasteiger partial charge in [-0.15, -0.1) is 0 Å². The highest BCUT2D eigenvalue weighted by molar-refractivity contribution is 5.90. The topological polar surface area (TPSA) is 100 Å². The summed E-state index contributed by atoms with van der Waals surface area (Å²) < 4.78 is 10.6. The second-order valence-corrected chi connectivity index (χ2v) is 5.60. The van der Waals surface area contributed by atoms with Crippen LogP contribution < -0.4 is 0 Å². The minimum atomic E-state index is -0.666. The molecule has 0 saturated carbocycles. The normalized spacial score (nSPS) is 12.2. The Balaban J connectivity index is 1.94. The Labute approximate surface area is 151 Å². The van der Waals surface area contributed by atoms with Crippen LogP contribution in [-0.2, 0) is 9.47 Å². The van der Waals surface area contributed by atoms with Gasteiger partial charge < -0.3 is 9.47 Å². The lowest BCUT2D eigenvalue weighted by Crippen LogP contribution is -2.30. The molecule has 0 amide bonds. The molecule has 0 aromatic heterocycles. The van der Waals surface area contributed by atoms with Gasteiger partial charge in [0.1, 0.15) is 12.2 Å². The number of carbonyl (C=O) groups is 2. The van der Waals surface area contributed by atoms with Gasteiger partial charge in [-0.05, 0) is 62.4 Å². The van der Waals surface area contributed by atoms with Gasteiger partial charge in [0.05, 0.1) is 34.4 Å². The number of rotatable bonds is 5. The number of carbonyl (C=O) groups excluding carboxylic acids is 2. The van der Waals surface area contributed by atoms with Crippen LogP contribution in [-0.4, -0.2) is 24.1 Å². The van der Waals surface area contributed by atoms with Crippen molar-refractivity contribution in [2.24, 2.45) is 0 Å². The van der Waals surface area contributed by atoms with E-state index < -0.39 is 24.1 Å². The second-order valence-electron chi connectivity index (χ2n) is 5.60. The fraction of sp³-hybridized carbons (Fsp3) is 0.200. The van der Waals surface area contributed by atoms with E-state index in [1.165, 1.54) is 48.5 Å². The molecule has 2 atom stereocenters. The Hall–Kier alpha value is -3.64. The summed E-state index contributed by atoms with van der Waals surface area (Å²) in [5.74, 6) is -1.13. The average Bonchev–Trinajstić information content (AvgIpc) is 2.67.